The number of aromatic nitrogens is 4. The van der Waals surface area contributed by atoms with Crippen molar-refractivity contribution >= 4 is 46.8 Å². The average molecular weight is 829 g/mol. The zero-order valence-electron chi connectivity index (χ0n) is 32.5. The first-order valence-electron chi connectivity index (χ1n) is 18.9. The number of fused-ring (bicyclic) bond motifs is 1. The Morgan fingerprint density at radius 1 is 0.983 bits per heavy atom. The third-order valence-electron chi connectivity index (χ3n) is 10.2. The number of amides is 2. The van der Waals surface area contributed by atoms with Crippen LogP contribution in [0.15, 0.2) is 71.9 Å². The summed E-state index contributed by atoms with van der Waals surface area (Å²) in [5, 5.41) is 13.1. The van der Waals surface area contributed by atoms with Gasteiger partial charge in [0.15, 0.2) is 0 Å². The highest BCUT2D eigenvalue weighted by Gasteiger charge is 2.31. The third kappa shape index (κ3) is 8.79. The van der Waals surface area contributed by atoms with Gasteiger partial charge in [0.1, 0.15) is 16.9 Å². The molecular formula is C42H43Cl2N7O7. The molecule has 2 N–H and O–H groups in total. The Hall–Kier alpha value is -5.57. The monoisotopic (exact) mass is 827 g/mol. The van der Waals surface area contributed by atoms with Gasteiger partial charge in [-0.25, -0.2) is 14.8 Å². The van der Waals surface area contributed by atoms with E-state index in [0.717, 1.165) is 5.56 Å². The van der Waals surface area contributed by atoms with Gasteiger partial charge in [-0.15, -0.1) is 0 Å². The van der Waals surface area contributed by atoms with Crippen LogP contribution in [0.3, 0.4) is 0 Å². The number of benzene rings is 2. The molecule has 2 saturated heterocycles. The Morgan fingerprint density at radius 3 is 2.34 bits per heavy atom. The van der Waals surface area contributed by atoms with Crippen LogP contribution >= 0.6 is 23.2 Å². The second-order valence-electron chi connectivity index (χ2n) is 15.5. The van der Waals surface area contributed by atoms with Crippen LogP contribution < -0.4 is 15.6 Å². The maximum absolute atomic E-state index is 13.4. The summed E-state index contributed by atoms with van der Waals surface area (Å²) < 4.78 is 12.8. The van der Waals surface area contributed by atoms with Crippen molar-refractivity contribution in [3.8, 4) is 39.4 Å². The summed E-state index contributed by atoms with van der Waals surface area (Å²) in [5.74, 6) is -1.12. The number of nitrogens with zero attached hydrogens (tertiary/aromatic N) is 6. The van der Waals surface area contributed by atoms with Gasteiger partial charge in [-0.05, 0) is 57.9 Å². The van der Waals surface area contributed by atoms with Crippen LogP contribution in [0.2, 0.25) is 10.0 Å². The highest BCUT2D eigenvalue weighted by atomic mass is 35.5. The standard InChI is InChI=1S/C42H43Cl2N7O7/c1-42(2,3)58-41(56)50(22-27-11-12-35(52)47-27)23-33-38(57-4)48-32(19-45-33)31-10-6-9-30(37(31)44)29-8-5-7-28(36(29)43)24-14-16-51-34(17-24)46-18-26(39(51)53)21-49-15-13-25(20-49)40(54)55/h5-10,14,16-19,25,27H,11-13,15,20-23H2,1-4H3,(H,47,52)(H,54,55). The summed E-state index contributed by atoms with van der Waals surface area (Å²) in [5.41, 5.74) is 4.14. The van der Waals surface area contributed by atoms with Crippen molar-refractivity contribution < 1.29 is 29.0 Å². The molecule has 2 aliphatic heterocycles. The summed E-state index contributed by atoms with van der Waals surface area (Å²) in [6.45, 7) is 6.94. The number of ether oxygens (including phenoxy) is 2. The van der Waals surface area contributed by atoms with E-state index in [9.17, 15) is 24.3 Å². The van der Waals surface area contributed by atoms with Crippen molar-refractivity contribution in [3.05, 3.63) is 98.8 Å². The first kappa shape index (κ1) is 40.6. The molecule has 0 aliphatic carbocycles. The lowest BCUT2D eigenvalue weighted by Gasteiger charge is -2.29. The number of hydrogen-bond acceptors (Lipinski definition) is 10. The molecule has 14 nitrogen and oxygen atoms in total. The van der Waals surface area contributed by atoms with Crippen LogP contribution in [0.4, 0.5) is 4.79 Å². The first-order valence-corrected chi connectivity index (χ1v) is 19.7. The number of carbonyl (C=O) groups is 3. The first-order chi connectivity index (χ1) is 27.7. The van der Waals surface area contributed by atoms with Gasteiger partial charge in [0, 0.05) is 66.7 Å². The maximum Gasteiger partial charge on any atom is 0.410 e. The fraction of sp³-hybridized carbons (Fsp3) is 0.357. The molecule has 3 aromatic heterocycles. The largest absolute Gasteiger partial charge is 0.481 e. The molecule has 2 atom stereocenters. The minimum absolute atomic E-state index is 0.0293. The molecular weight excluding hydrogens is 785 g/mol. The Bertz CT molecular complexity index is 2470. The second-order valence-corrected chi connectivity index (χ2v) is 16.3. The molecule has 2 unspecified atom stereocenters. The molecule has 0 bridgehead atoms. The Morgan fingerprint density at radius 2 is 1.69 bits per heavy atom. The van der Waals surface area contributed by atoms with E-state index in [0.29, 0.717) is 93.8 Å². The van der Waals surface area contributed by atoms with Gasteiger partial charge in [-0.2, -0.15) is 0 Å². The van der Waals surface area contributed by atoms with Crippen molar-refractivity contribution in [2.45, 2.75) is 64.8 Å². The van der Waals surface area contributed by atoms with Crippen LogP contribution in [-0.4, -0.2) is 90.6 Å². The molecule has 2 aromatic carbocycles. The van der Waals surface area contributed by atoms with Crippen LogP contribution in [0.1, 0.15) is 51.3 Å². The number of hydrogen-bond donors (Lipinski definition) is 2. The molecule has 2 aliphatic rings. The third-order valence-corrected chi connectivity index (χ3v) is 11.0. The van der Waals surface area contributed by atoms with E-state index in [1.54, 1.807) is 51.5 Å². The molecule has 7 rings (SSSR count). The van der Waals surface area contributed by atoms with Crippen LogP contribution in [0.25, 0.3) is 39.2 Å². The van der Waals surface area contributed by atoms with Gasteiger partial charge in [0.25, 0.3) is 5.56 Å². The Kier molecular flexibility index (Phi) is 11.7. The van der Waals surface area contributed by atoms with Gasteiger partial charge in [0.2, 0.25) is 11.8 Å². The van der Waals surface area contributed by atoms with E-state index in [-0.39, 0.29) is 36.5 Å². The molecule has 58 heavy (non-hydrogen) atoms. The van der Waals surface area contributed by atoms with Gasteiger partial charge in [-0.3, -0.25) is 28.7 Å². The number of pyridine rings is 1. The van der Waals surface area contributed by atoms with Crippen molar-refractivity contribution in [2.75, 3.05) is 26.7 Å². The lowest BCUT2D eigenvalue weighted by Crippen LogP contribution is -2.44. The quantitative estimate of drug-likeness (QED) is 0.145. The summed E-state index contributed by atoms with van der Waals surface area (Å²) >= 11 is 14.2. The summed E-state index contributed by atoms with van der Waals surface area (Å²) in [7, 11) is 1.47. The Balaban J connectivity index is 1.14. The summed E-state index contributed by atoms with van der Waals surface area (Å²) in [6, 6.07) is 14.5. The minimum Gasteiger partial charge on any atom is -0.481 e. The van der Waals surface area contributed by atoms with Crippen molar-refractivity contribution in [3.63, 3.8) is 0 Å². The molecule has 0 spiro atoms. The van der Waals surface area contributed by atoms with Gasteiger partial charge in [-0.1, -0.05) is 59.6 Å². The van der Waals surface area contributed by atoms with E-state index < -0.39 is 23.6 Å². The highest BCUT2D eigenvalue weighted by molar-refractivity contribution is 6.39. The average Bonchev–Trinajstić information content (AvgIpc) is 3.84. The van der Waals surface area contributed by atoms with Crippen molar-refractivity contribution in [1.82, 2.24) is 34.5 Å². The number of carboxylic acids is 1. The normalized spacial score (nSPS) is 17.0. The molecule has 0 saturated carbocycles. The van der Waals surface area contributed by atoms with E-state index in [1.165, 1.54) is 16.4 Å². The Labute approximate surface area is 344 Å². The minimum atomic E-state index is -0.822. The predicted molar refractivity (Wildman–Crippen MR) is 219 cm³/mol. The topological polar surface area (TPSA) is 169 Å². The lowest BCUT2D eigenvalue weighted by atomic mass is 9.97. The summed E-state index contributed by atoms with van der Waals surface area (Å²) in [6.07, 6.45) is 5.78. The van der Waals surface area contributed by atoms with E-state index in [1.807, 2.05) is 41.3 Å². The molecule has 302 valence electrons. The molecule has 0 radical (unpaired) electrons. The van der Waals surface area contributed by atoms with Crippen LogP contribution in [0.5, 0.6) is 5.88 Å². The van der Waals surface area contributed by atoms with E-state index in [4.69, 9.17) is 37.7 Å². The van der Waals surface area contributed by atoms with Crippen LogP contribution in [-0.2, 0) is 27.4 Å². The number of nitrogens with one attached hydrogen (secondary N) is 1. The van der Waals surface area contributed by atoms with Crippen molar-refractivity contribution in [1.29, 1.82) is 0 Å². The molecule has 2 amide bonds. The number of halogens is 2. The zero-order chi connectivity index (χ0) is 41.3. The number of carbonyl (C=O) groups excluding carboxylic acids is 2. The van der Waals surface area contributed by atoms with Gasteiger partial charge in [0.05, 0.1) is 47.1 Å². The van der Waals surface area contributed by atoms with Gasteiger partial charge >= 0.3 is 12.1 Å². The number of rotatable bonds is 11. The molecule has 5 aromatic rings. The maximum atomic E-state index is 13.4. The summed E-state index contributed by atoms with van der Waals surface area (Å²) in [4.78, 5) is 67.4. The number of likely N-dealkylation sites (tertiary alicyclic amines) is 1. The van der Waals surface area contributed by atoms with Crippen molar-refractivity contribution in [2.24, 2.45) is 5.92 Å². The van der Waals surface area contributed by atoms with Crippen LogP contribution in [0, 0.1) is 5.92 Å². The van der Waals surface area contributed by atoms with E-state index >= 15 is 0 Å². The fourth-order valence-corrected chi connectivity index (χ4v) is 7.96. The number of aliphatic carboxylic acids is 1. The van der Waals surface area contributed by atoms with E-state index in [2.05, 4.69) is 15.3 Å². The number of carboxylic acid groups (broad SMARTS) is 1. The smallest absolute Gasteiger partial charge is 0.410 e. The molecule has 16 heteroatoms. The number of methoxy groups -OCH3 is 1. The molecule has 5 heterocycles. The zero-order valence-corrected chi connectivity index (χ0v) is 34.0. The SMILES string of the molecule is COc1nc(-c2cccc(-c3cccc(-c4ccn5c(=O)c(CN6CCC(C(=O)O)C6)cnc5c4)c3Cl)c2Cl)cnc1CN(CC1CCC(=O)N1)C(=O)OC(C)(C)C. The highest BCUT2D eigenvalue weighted by Crippen LogP contribution is 2.42. The second kappa shape index (κ2) is 16.7. The lowest BCUT2D eigenvalue weighted by molar-refractivity contribution is -0.141. The predicted octanol–water partition coefficient (Wildman–Crippen LogP) is 6.72. The fourth-order valence-electron chi connectivity index (χ4n) is 7.30. The molecule has 2 fully saturated rings. The van der Waals surface area contributed by atoms with Gasteiger partial charge < -0.3 is 24.8 Å².